The summed E-state index contributed by atoms with van der Waals surface area (Å²) in [6, 6.07) is 11.2. The van der Waals surface area contributed by atoms with Crippen molar-refractivity contribution in [2.45, 2.75) is 25.5 Å². The van der Waals surface area contributed by atoms with E-state index in [9.17, 15) is 17.6 Å². The smallest absolute Gasteiger partial charge is 0.271 e. The predicted octanol–water partition coefficient (Wildman–Crippen LogP) is 3.98. The SMILES string of the molecule is CC(C)(Oc1ccc(Cl)cc1)C(=O)N(c1ccc(F)cc1)[C@H]1C=CS(=O)(=O)C1. The molecule has 0 bridgehead atoms. The number of rotatable bonds is 5. The highest BCUT2D eigenvalue weighted by Crippen LogP contribution is 2.29. The van der Waals surface area contributed by atoms with Crippen molar-refractivity contribution >= 4 is 33.0 Å². The number of ether oxygens (including phenoxy) is 1. The molecular formula is C20H19ClFNO4S. The Balaban J connectivity index is 1.94. The molecule has 1 heterocycles. The first kappa shape index (κ1) is 20.4. The summed E-state index contributed by atoms with van der Waals surface area (Å²) in [5.74, 6) is -0.715. The molecule has 1 aliphatic rings. The van der Waals surface area contributed by atoms with Gasteiger partial charge in [-0.3, -0.25) is 4.79 Å². The zero-order valence-electron chi connectivity index (χ0n) is 15.3. The van der Waals surface area contributed by atoms with Crippen LogP contribution in [0, 0.1) is 5.82 Å². The summed E-state index contributed by atoms with van der Waals surface area (Å²) in [6.07, 6.45) is 1.45. The van der Waals surface area contributed by atoms with Crippen LogP contribution in [0.5, 0.6) is 5.75 Å². The Labute approximate surface area is 168 Å². The van der Waals surface area contributed by atoms with Crippen molar-refractivity contribution < 1.29 is 22.3 Å². The number of hydrogen-bond acceptors (Lipinski definition) is 4. The van der Waals surface area contributed by atoms with Crippen LogP contribution in [0.1, 0.15) is 13.8 Å². The van der Waals surface area contributed by atoms with Gasteiger partial charge in [-0.1, -0.05) is 11.6 Å². The van der Waals surface area contributed by atoms with Crippen LogP contribution in [0.25, 0.3) is 0 Å². The molecule has 148 valence electrons. The van der Waals surface area contributed by atoms with E-state index in [1.54, 1.807) is 38.1 Å². The van der Waals surface area contributed by atoms with Crippen LogP contribution in [-0.4, -0.2) is 31.7 Å². The standard InChI is InChI=1S/C20H19ClFNO4S/c1-20(2,27-18-9-3-14(21)4-10-18)19(24)23(16-7-5-15(22)6-8-16)17-11-12-28(25,26)13-17/h3-12,17H,13H2,1-2H3/t17-/m0/s1. The Morgan fingerprint density at radius 2 is 1.75 bits per heavy atom. The van der Waals surface area contributed by atoms with Crippen molar-refractivity contribution in [3.8, 4) is 5.75 Å². The molecule has 0 N–H and O–H groups in total. The number of carbonyl (C=O) groups is 1. The van der Waals surface area contributed by atoms with E-state index in [1.165, 1.54) is 35.2 Å². The second-order valence-electron chi connectivity index (χ2n) is 6.94. The van der Waals surface area contributed by atoms with Crippen LogP contribution in [0.15, 0.2) is 60.0 Å². The summed E-state index contributed by atoms with van der Waals surface area (Å²) in [7, 11) is -3.40. The first-order valence-corrected chi connectivity index (χ1v) is 10.6. The van der Waals surface area contributed by atoms with E-state index in [1.807, 2.05) is 0 Å². The van der Waals surface area contributed by atoms with Crippen molar-refractivity contribution in [3.05, 3.63) is 70.9 Å². The van der Waals surface area contributed by atoms with E-state index < -0.39 is 33.2 Å². The van der Waals surface area contributed by atoms with E-state index in [-0.39, 0.29) is 5.75 Å². The molecule has 0 saturated heterocycles. The third-order valence-corrected chi connectivity index (χ3v) is 5.90. The molecule has 1 atom stereocenters. The molecule has 5 nitrogen and oxygen atoms in total. The minimum absolute atomic E-state index is 0.243. The maximum absolute atomic E-state index is 13.4. The van der Waals surface area contributed by atoms with E-state index in [0.29, 0.717) is 16.5 Å². The third-order valence-electron chi connectivity index (χ3n) is 4.27. The van der Waals surface area contributed by atoms with E-state index in [0.717, 1.165) is 5.41 Å². The minimum atomic E-state index is -3.40. The number of hydrogen-bond donors (Lipinski definition) is 0. The van der Waals surface area contributed by atoms with Crippen LogP contribution < -0.4 is 9.64 Å². The van der Waals surface area contributed by atoms with Gasteiger partial charge in [-0.25, -0.2) is 12.8 Å². The van der Waals surface area contributed by atoms with Crippen molar-refractivity contribution in [2.75, 3.05) is 10.7 Å². The third kappa shape index (κ3) is 4.54. The zero-order chi connectivity index (χ0) is 20.5. The van der Waals surface area contributed by atoms with Gasteiger partial charge in [0.2, 0.25) is 0 Å². The fourth-order valence-corrected chi connectivity index (χ4v) is 4.31. The number of benzene rings is 2. The molecule has 0 radical (unpaired) electrons. The highest BCUT2D eigenvalue weighted by molar-refractivity contribution is 7.94. The molecule has 0 saturated carbocycles. The highest BCUT2D eigenvalue weighted by atomic mass is 35.5. The second kappa shape index (κ2) is 7.56. The van der Waals surface area contributed by atoms with Gasteiger partial charge in [0.05, 0.1) is 11.8 Å². The zero-order valence-corrected chi connectivity index (χ0v) is 16.9. The summed E-state index contributed by atoms with van der Waals surface area (Å²) >= 11 is 5.88. The van der Waals surface area contributed by atoms with Gasteiger partial charge in [0.15, 0.2) is 15.4 Å². The van der Waals surface area contributed by atoms with Gasteiger partial charge in [0, 0.05) is 16.1 Å². The largest absolute Gasteiger partial charge is 0.478 e. The van der Waals surface area contributed by atoms with Gasteiger partial charge < -0.3 is 9.64 Å². The molecular weight excluding hydrogens is 405 g/mol. The number of amides is 1. The Kier molecular flexibility index (Phi) is 5.50. The summed E-state index contributed by atoms with van der Waals surface area (Å²) in [5, 5.41) is 1.62. The average molecular weight is 424 g/mol. The van der Waals surface area contributed by atoms with E-state index >= 15 is 0 Å². The molecule has 0 aromatic heterocycles. The maximum atomic E-state index is 13.4. The van der Waals surface area contributed by atoms with Crippen LogP contribution >= 0.6 is 11.6 Å². The molecule has 0 fully saturated rings. The van der Waals surface area contributed by atoms with Crippen LogP contribution in [0.3, 0.4) is 0 Å². The Morgan fingerprint density at radius 1 is 1.14 bits per heavy atom. The quantitative estimate of drug-likeness (QED) is 0.729. The maximum Gasteiger partial charge on any atom is 0.271 e. The van der Waals surface area contributed by atoms with Gasteiger partial charge in [0.1, 0.15) is 11.6 Å². The summed E-state index contributed by atoms with van der Waals surface area (Å²) in [4.78, 5) is 14.7. The lowest BCUT2D eigenvalue weighted by atomic mass is 10.0. The molecule has 1 amide bonds. The summed E-state index contributed by atoms with van der Waals surface area (Å²) in [6.45, 7) is 3.18. The fourth-order valence-electron chi connectivity index (χ4n) is 2.91. The Bertz CT molecular complexity index is 1000. The first-order chi connectivity index (χ1) is 13.1. The van der Waals surface area contributed by atoms with Gasteiger partial charge in [0.25, 0.3) is 5.91 Å². The van der Waals surface area contributed by atoms with Crippen LogP contribution in [0.2, 0.25) is 5.02 Å². The number of anilines is 1. The first-order valence-electron chi connectivity index (χ1n) is 8.52. The topological polar surface area (TPSA) is 63.7 Å². The lowest BCUT2D eigenvalue weighted by Crippen LogP contribution is -2.53. The van der Waals surface area contributed by atoms with E-state index in [2.05, 4.69) is 0 Å². The van der Waals surface area contributed by atoms with Crippen molar-refractivity contribution in [2.24, 2.45) is 0 Å². The highest BCUT2D eigenvalue weighted by Gasteiger charge is 2.40. The fraction of sp³-hybridized carbons (Fsp3) is 0.250. The van der Waals surface area contributed by atoms with Crippen molar-refractivity contribution in [1.82, 2.24) is 0 Å². The van der Waals surface area contributed by atoms with Crippen molar-refractivity contribution in [1.29, 1.82) is 0 Å². The molecule has 8 heteroatoms. The molecule has 2 aromatic carbocycles. The minimum Gasteiger partial charge on any atom is -0.478 e. The monoisotopic (exact) mass is 423 g/mol. The van der Waals surface area contributed by atoms with Gasteiger partial charge in [-0.15, -0.1) is 0 Å². The van der Waals surface area contributed by atoms with Gasteiger partial charge >= 0.3 is 0 Å². The van der Waals surface area contributed by atoms with Gasteiger partial charge in [-0.05, 0) is 68.5 Å². The lowest BCUT2D eigenvalue weighted by Gasteiger charge is -2.35. The second-order valence-corrected chi connectivity index (χ2v) is 9.31. The summed E-state index contributed by atoms with van der Waals surface area (Å²) < 4.78 is 43.0. The molecule has 0 unspecified atom stereocenters. The molecule has 3 rings (SSSR count). The number of nitrogens with zero attached hydrogens (tertiary/aromatic N) is 1. The summed E-state index contributed by atoms with van der Waals surface area (Å²) in [5.41, 5.74) is -0.937. The normalized spacial score (nSPS) is 18.1. The molecule has 28 heavy (non-hydrogen) atoms. The average Bonchev–Trinajstić information content (AvgIpc) is 2.98. The van der Waals surface area contributed by atoms with Crippen LogP contribution in [0.4, 0.5) is 10.1 Å². The molecule has 1 aliphatic heterocycles. The lowest BCUT2D eigenvalue weighted by molar-refractivity contribution is -0.131. The molecule has 0 aliphatic carbocycles. The number of halogens is 2. The van der Waals surface area contributed by atoms with Gasteiger partial charge in [-0.2, -0.15) is 0 Å². The van der Waals surface area contributed by atoms with Crippen LogP contribution in [-0.2, 0) is 14.6 Å². The predicted molar refractivity (Wildman–Crippen MR) is 107 cm³/mol. The number of carbonyl (C=O) groups excluding carboxylic acids is 1. The van der Waals surface area contributed by atoms with E-state index in [4.69, 9.17) is 16.3 Å². The molecule has 2 aromatic rings. The molecule has 0 spiro atoms. The van der Waals surface area contributed by atoms with Crippen molar-refractivity contribution in [3.63, 3.8) is 0 Å². The number of sulfone groups is 1. The Hall–Kier alpha value is -2.38. The Morgan fingerprint density at radius 3 is 2.29 bits per heavy atom.